The number of para-hydroxylation sites is 1. The molecule has 1 aromatic carbocycles. The van der Waals surface area contributed by atoms with Crippen molar-refractivity contribution in [3.63, 3.8) is 0 Å². The predicted octanol–water partition coefficient (Wildman–Crippen LogP) is 2.75. The van der Waals surface area contributed by atoms with Crippen LogP contribution >= 0.6 is 12.4 Å². The Morgan fingerprint density at radius 1 is 1.32 bits per heavy atom. The molecule has 0 saturated heterocycles. The smallest absolute Gasteiger partial charge is 0.419 e. The van der Waals surface area contributed by atoms with Crippen molar-refractivity contribution >= 4 is 18.3 Å². The zero-order valence-electron chi connectivity index (χ0n) is 12.2. The molecule has 1 unspecified atom stereocenters. The number of amides is 1. The van der Waals surface area contributed by atoms with Crippen LogP contribution in [0.3, 0.4) is 0 Å². The molecular formula is C14H20ClF3N2O2. The summed E-state index contributed by atoms with van der Waals surface area (Å²) >= 11 is 0. The fraction of sp³-hybridized carbons (Fsp3) is 0.500. The first-order valence-electron chi connectivity index (χ1n) is 6.67. The second kappa shape index (κ2) is 9.53. The third kappa shape index (κ3) is 6.53. The zero-order valence-corrected chi connectivity index (χ0v) is 13.0. The average Bonchev–Trinajstić information content (AvgIpc) is 2.42. The first-order chi connectivity index (χ1) is 9.86. The van der Waals surface area contributed by atoms with Gasteiger partial charge in [-0.3, -0.25) is 4.79 Å². The summed E-state index contributed by atoms with van der Waals surface area (Å²) < 4.78 is 43.5. The maximum Gasteiger partial charge on any atom is 0.419 e. The van der Waals surface area contributed by atoms with E-state index in [2.05, 4.69) is 5.32 Å². The fourth-order valence-corrected chi connectivity index (χ4v) is 1.67. The highest BCUT2D eigenvalue weighted by Crippen LogP contribution is 2.36. The topological polar surface area (TPSA) is 64.3 Å². The molecule has 0 aromatic heterocycles. The van der Waals surface area contributed by atoms with Crippen molar-refractivity contribution in [2.45, 2.75) is 32.0 Å². The molecule has 1 amide bonds. The van der Waals surface area contributed by atoms with Crippen molar-refractivity contribution in [2.24, 2.45) is 5.73 Å². The maximum absolute atomic E-state index is 12.8. The molecule has 0 aliphatic rings. The van der Waals surface area contributed by atoms with Gasteiger partial charge < -0.3 is 15.8 Å². The van der Waals surface area contributed by atoms with Crippen LogP contribution in [0.2, 0.25) is 0 Å². The number of nitrogens with one attached hydrogen (secondary N) is 1. The van der Waals surface area contributed by atoms with Crippen molar-refractivity contribution < 1.29 is 22.7 Å². The number of carbonyl (C=O) groups is 1. The molecule has 0 aliphatic heterocycles. The van der Waals surface area contributed by atoms with Gasteiger partial charge in [0.05, 0.1) is 5.56 Å². The minimum Gasteiger partial charge on any atom is -0.480 e. The van der Waals surface area contributed by atoms with E-state index in [-0.39, 0.29) is 18.2 Å². The van der Waals surface area contributed by atoms with Crippen LogP contribution in [0.15, 0.2) is 24.3 Å². The van der Waals surface area contributed by atoms with Crippen LogP contribution in [0.1, 0.15) is 25.3 Å². The first-order valence-corrected chi connectivity index (χ1v) is 6.67. The Kier molecular flexibility index (Phi) is 8.89. The largest absolute Gasteiger partial charge is 0.480 e. The van der Waals surface area contributed by atoms with Crippen LogP contribution in [-0.4, -0.2) is 25.1 Å². The summed E-state index contributed by atoms with van der Waals surface area (Å²) in [5, 5.41) is 2.59. The molecule has 1 atom stereocenters. The Bertz CT molecular complexity index is 470. The van der Waals surface area contributed by atoms with Crippen LogP contribution in [0, 0.1) is 0 Å². The number of alkyl halides is 3. The van der Waals surface area contributed by atoms with E-state index in [1.54, 1.807) is 0 Å². The molecule has 1 rings (SSSR count). The van der Waals surface area contributed by atoms with Gasteiger partial charge in [0.2, 0.25) is 0 Å². The second-order valence-electron chi connectivity index (χ2n) is 4.54. The summed E-state index contributed by atoms with van der Waals surface area (Å²) in [6.45, 7) is 2.36. The van der Waals surface area contributed by atoms with Crippen molar-refractivity contribution in [3.05, 3.63) is 29.8 Å². The molecular weight excluding hydrogens is 321 g/mol. The molecule has 3 N–H and O–H groups in total. The van der Waals surface area contributed by atoms with E-state index >= 15 is 0 Å². The molecule has 126 valence electrons. The van der Waals surface area contributed by atoms with Gasteiger partial charge in [-0.05, 0) is 38.4 Å². The van der Waals surface area contributed by atoms with Crippen LogP contribution < -0.4 is 15.8 Å². The molecule has 0 aliphatic carbocycles. The third-order valence-electron chi connectivity index (χ3n) is 2.80. The summed E-state index contributed by atoms with van der Waals surface area (Å²) in [5.41, 5.74) is 4.43. The number of nitrogens with two attached hydrogens (primary N) is 1. The Morgan fingerprint density at radius 2 is 1.95 bits per heavy atom. The van der Waals surface area contributed by atoms with E-state index in [0.717, 1.165) is 12.5 Å². The standard InChI is InChI=1S/C14H19F3N2O2.ClH/c1-10(13(20)19-9-5-4-8-18)21-12-7-3-2-6-11(12)14(15,16)17;/h2-3,6-7,10H,4-5,8-9,18H2,1H3,(H,19,20);1H. The van der Waals surface area contributed by atoms with Crippen LogP contribution in [0.25, 0.3) is 0 Å². The van der Waals surface area contributed by atoms with E-state index in [1.807, 2.05) is 0 Å². The normalized spacial score (nSPS) is 12.2. The molecule has 0 bridgehead atoms. The van der Waals surface area contributed by atoms with Crippen molar-refractivity contribution in [2.75, 3.05) is 13.1 Å². The molecule has 22 heavy (non-hydrogen) atoms. The maximum atomic E-state index is 12.8. The molecule has 8 heteroatoms. The van der Waals surface area contributed by atoms with Gasteiger partial charge in [0.25, 0.3) is 5.91 Å². The molecule has 0 saturated carbocycles. The van der Waals surface area contributed by atoms with Gasteiger partial charge in [0, 0.05) is 6.54 Å². The lowest BCUT2D eigenvalue weighted by molar-refractivity contribution is -0.140. The van der Waals surface area contributed by atoms with Crippen molar-refractivity contribution in [1.29, 1.82) is 0 Å². The van der Waals surface area contributed by atoms with E-state index in [4.69, 9.17) is 10.5 Å². The minimum atomic E-state index is -4.52. The van der Waals surface area contributed by atoms with Crippen molar-refractivity contribution in [1.82, 2.24) is 5.32 Å². The summed E-state index contributed by atoms with van der Waals surface area (Å²) in [5.74, 6) is -0.807. The number of rotatable bonds is 7. The molecule has 0 heterocycles. The van der Waals surface area contributed by atoms with E-state index < -0.39 is 23.8 Å². The third-order valence-corrected chi connectivity index (χ3v) is 2.80. The van der Waals surface area contributed by atoms with Gasteiger partial charge in [-0.2, -0.15) is 13.2 Å². The van der Waals surface area contributed by atoms with Gasteiger partial charge in [-0.15, -0.1) is 12.4 Å². The van der Waals surface area contributed by atoms with Gasteiger partial charge >= 0.3 is 6.18 Å². The van der Waals surface area contributed by atoms with Gasteiger partial charge in [-0.25, -0.2) is 0 Å². The number of benzene rings is 1. The minimum absolute atomic E-state index is 0. The summed E-state index contributed by atoms with van der Waals surface area (Å²) in [4.78, 5) is 11.7. The summed E-state index contributed by atoms with van der Waals surface area (Å²) in [6, 6.07) is 4.81. The summed E-state index contributed by atoms with van der Waals surface area (Å²) in [7, 11) is 0. The van der Waals surface area contributed by atoms with Gasteiger partial charge in [0.15, 0.2) is 6.10 Å². The number of carbonyl (C=O) groups excluding carboxylic acids is 1. The summed E-state index contributed by atoms with van der Waals surface area (Å²) in [6.07, 6.45) is -4.04. The lowest BCUT2D eigenvalue weighted by Crippen LogP contribution is -2.37. The average molecular weight is 341 g/mol. The Hall–Kier alpha value is -1.47. The van der Waals surface area contributed by atoms with Crippen LogP contribution in [0.5, 0.6) is 5.75 Å². The van der Waals surface area contributed by atoms with Crippen molar-refractivity contribution in [3.8, 4) is 5.75 Å². The monoisotopic (exact) mass is 340 g/mol. The first kappa shape index (κ1) is 20.5. The highest BCUT2D eigenvalue weighted by molar-refractivity contribution is 5.85. The Balaban J connectivity index is 0.00000441. The highest BCUT2D eigenvalue weighted by Gasteiger charge is 2.34. The fourth-order valence-electron chi connectivity index (χ4n) is 1.67. The Labute approximate surface area is 133 Å². The Morgan fingerprint density at radius 3 is 2.55 bits per heavy atom. The lowest BCUT2D eigenvalue weighted by Gasteiger charge is -2.18. The quantitative estimate of drug-likeness (QED) is 0.750. The number of ether oxygens (including phenoxy) is 1. The number of halogens is 4. The highest BCUT2D eigenvalue weighted by atomic mass is 35.5. The van der Waals surface area contributed by atoms with Gasteiger partial charge in [-0.1, -0.05) is 12.1 Å². The van der Waals surface area contributed by atoms with E-state index in [1.165, 1.54) is 25.1 Å². The zero-order chi connectivity index (χ0) is 15.9. The SMILES string of the molecule is CC(Oc1ccccc1C(F)(F)F)C(=O)NCCCCN.Cl. The molecule has 4 nitrogen and oxygen atoms in total. The number of hydrogen-bond acceptors (Lipinski definition) is 3. The molecule has 0 radical (unpaired) electrons. The lowest BCUT2D eigenvalue weighted by atomic mass is 10.2. The van der Waals surface area contributed by atoms with E-state index in [9.17, 15) is 18.0 Å². The molecule has 0 fully saturated rings. The predicted molar refractivity (Wildman–Crippen MR) is 80.1 cm³/mol. The van der Waals surface area contributed by atoms with Gasteiger partial charge in [0.1, 0.15) is 5.75 Å². The van der Waals surface area contributed by atoms with Crippen LogP contribution in [-0.2, 0) is 11.0 Å². The van der Waals surface area contributed by atoms with E-state index in [0.29, 0.717) is 19.5 Å². The second-order valence-corrected chi connectivity index (χ2v) is 4.54. The number of unbranched alkanes of at least 4 members (excludes halogenated alkanes) is 1. The molecule has 1 aromatic rings. The number of hydrogen-bond donors (Lipinski definition) is 2. The van der Waals surface area contributed by atoms with Crippen LogP contribution in [0.4, 0.5) is 13.2 Å². The molecule has 0 spiro atoms.